The van der Waals surface area contributed by atoms with E-state index in [1.165, 1.54) is 6.07 Å². The van der Waals surface area contributed by atoms with Gasteiger partial charge < -0.3 is 10.5 Å². The Kier molecular flexibility index (Phi) is 4.70. The molecule has 2 aromatic rings. The second-order valence-corrected chi connectivity index (χ2v) is 5.53. The van der Waals surface area contributed by atoms with Crippen LogP contribution in [0, 0.1) is 17.0 Å². The van der Waals surface area contributed by atoms with Gasteiger partial charge in [0, 0.05) is 34.0 Å². The first kappa shape index (κ1) is 15.2. The van der Waals surface area contributed by atoms with Gasteiger partial charge in [-0.05, 0) is 24.6 Å². The Morgan fingerprint density at radius 2 is 2.10 bits per heavy atom. The summed E-state index contributed by atoms with van der Waals surface area (Å²) >= 11 is 1.56. The van der Waals surface area contributed by atoms with Crippen LogP contribution in [-0.4, -0.2) is 12.0 Å². The van der Waals surface area contributed by atoms with Gasteiger partial charge in [0.1, 0.15) is 5.75 Å². The van der Waals surface area contributed by atoms with Crippen molar-refractivity contribution in [1.29, 1.82) is 0 Å². The molecule has 0 aliphatic rings. The highest BCUT2D eigenvalue weighted by atomic mass is 32.2. The third-order valence-electron chi connectivity index (χ3n) is 3.18. The zero-order valence-electron chi connectivity index (χ0n) is 11.8. The minimum atomic E-state index is -0.354. The molecule has 0 aliphatic carbocycles. The number of nitrogens with zero attached hydrogens (tertiary/aromatic N) is 1. The molecular weight excluding hydrogens is 288 g/mol. The lowest BCUT2D eigenvalue weighted by Gasteiger charge is -2.10. The third-order valence-corrected chi connectivity index (χ3v) is 4.29. The summed E-state index contributed by atoms with van der Waals surface area (Å²) in [6, 6.07) is 10.6. The number of nitrogens with two attached hydrogens (primary N) is 1. The fourth-order valence-corrected chi connectivity index (χ4v) is 3.06. The molecule has 0 aliphatic heterocycles. The van der Waals surface area contributed by atoms with Crippen LogP contribution >= 0.6 is 11.8 Å². The summed E-state index contributed by atoms with van der Waals surface area (Å²) in [5.41, 5.74) is 8.15. The Bertz CT molecular complexity index is 674. The predicted molar refractivity (Wildman–Crippen MR) is 84.8 cm³/mol. The molecule has 0 aromatic heterocycles. The van der Waals surface area contributed by atoms with Crippen LogP contribution in [0.2, 0.25) is 0 Å². The van der Waals surface area contributed by atoms with Crippen molar-refractivity contribution in [2.75, 3.05) is 12.8 Å². The summed E-state index contributed by atoms with van der Waals surface area (Å²) in [5, 5.41) is 11.0. The van der Waals surface area contributed by atoms with E-state index in [0.717, 1.165) is 10.5 Å². The molecule has 0 saturated heterocycles. The monoisotopic (exact) mass is 304 g/mol. The summed E-state index contributed by atoms with van der Waals surface area (Å²) in [6.07, 6.45) is 0. The number of thioether (sulfide) groups is 1. The average Bonchev–Trinajstić information content (AvgIpc) is 2.46. The van der Waals surface area contributed by atoms with Gasteiger partial charge in [0.25, 0.3) is 5.69 Å². The van der Waals surface area contributed by atoms with Crippen LogP contribution in [-0.2, 0) is 5.75 Å². The van der Waals surface area contributed by atoms with Crippen molar-refractivity contribution in [2.24, 2.45) is 0 Å². The molecule has 2 aromatic carbocycles. The summed E-state index contributed by atoms with van der Waals surface area (Å²) in [6.45, 7) is 1.77. The van der Waals surface area contributed by atoms with Gasteiger partial charge in [-0.3, -0.25) is 10.1 Å². The van der Waals surface area contributed by atoms with Crippen molar-refractivity contribution in [1.82, 2.24) is 0 Å². The molecule has 110 valence electrons. The maximum atomic E-state index is 11.0. The summed E-state index contributed by atoms with van der Waals surface area (Å²) in [4.78, 5) is 11.6. The molecule has 0 unspecified atom stereocenters. The fraction of sp³-hybridized carbons (Fsp3) is 0.200. The molecule has 0 heterocycles. The minimum Gasteiger partial charge on any atom is -0.496 e. The van der Waals surface area contributed by atoms with Crippen LogP contribution in [0.1, 0.15) is 11.1 Å². The molecule has 0 atom stereocenters. The van der Waals surface area contributed by atoms with Crippen molar-refractivity contribution in [3.63, 3.8) is 0 Å². The predicted octanol–water partition coefficient (Wildman–Crippen LogP) is 3.79. The first-order valence-electron chi connectivity index (χ1n) is 6.32. The van der Waals surface area contributed by atoms with Gasteiger partial charge in [-0.1, -0.05) is 12.1 Å². The van der Waals surface area contributed by atoms with E-state index in [4.69, 9.17) is 10.5 Å². The first-order chi connectivity index (χ1) is 10.0. The number of hydrogen-bond donors (Lipinski definition) is 1. The number of anilines is 1. The van der Waals surface area contributed by atoms with E-state index in [0.29, 0.717) is 22.8 Å². The number of hydrogen-bond acceptors (Lipinski definition) is 5. The molecule has 0 bridgehead atoms. The van der Waals surface area contributed by atoms with Crippen molar-refractivity contribution < 1.29 is 9.66 Å². The molecule has 21 heavy (non-hydrogen) atoms. The van der Waals surface area contributed by atoms with E-state index >= 15 is 0 Å². The van der Waals surface area contributed by atoms with Gasteiger partial charge in [-0.25, -0.2) is 0 Å². The van der Waals surface area contributed by atoms with Gasteiger partial charge in [0.2, 0.25) is 0 Å². The van der Waals surface area contributed by atoms with Crippen LogP contribution < -0.4 is 10.5 Å². The molecule has 2 N–H and O–H groups in total. The summed E-state index contributed by atoms with van der Waals surface area (Å²) < 4.78 is 5.30. The zero-order chi connectivity index (χ0) is 15.4. The summed E-state index contributed by atoms with van der Waals surface area (Å²) in [7, 11) is 1.59. The van der Waals surface area contributed by atoms with Crippen LogP contribution in [0.25, 0.3) is 0 Å². The second-order valence-electron chi connectivity index (χ2n) is 4.52. The Balaban J connectivity index is 2.21. The average molecular weight is 304 g/mol. The van der Waals surface area contributed by atoms with E-state index in [1.807, 2.05) is 18.2 Å². The smallest absolute Gasteiger partial charge is 0.272 e. The number of ether oxygens (including phenoxy) is 1. The number of nitro groups is 1. The van der Waals surface area contributed by atoms with Gasteiger partial charge in [-0.2, -0.15) is 0 Å². The molecule has 0 spiro atoms. The number of nitro benzene ring substituents is 1. The van der Waals surface area contributed by atoms with E-state index in [2.05, 4.69) is 0 Å². The lowest BCUT2D eigenvalue weighted by molar-refractivity contribution is -0.385. The Morgan fingerprint density at radius 1 is 1.33 bits per heavy atom. The van der Waals surface area contributed by atoms with Crippen LogP contribution in [0.3, 0.4) is 0 Å². The topological polar surface area (TPSA) is 78.4 Å². The highest BCUT2D eigenvalue weighted by Gasteiger charge is 2.14. The van der Waals surface area contributed by atoms with Gasteiger partial charge in [0.05, 0.1) is 12.0 Å². The number of methoxy groups -OCH3 is 1. The van der Waals surface area contributed by atoms with Crippen molar-refractivity contribution in [3.8, 4) is 5.75 Å². The van der Waals surface area contributed by atoms with Gasteiger partial charge in [0.15, 0.2) is 0 Å². The zero-order valence-corrected chi connectivity index (χ0v) is 12.6. The van der Waals surface area contributed by atoms with E-state index in [1.54, 1.807) is 37.9 Å². The van der Waals surface area contributed by atoms with E-state index in [-0.39, 0.29) is 10.6 Å². The Hall–Kier alpha value is -2.21. The summed E-state index contributed by atoms with van der Waals surface area (Å²) in [5.74, 6) is 1.34. The highest BCUT2D eigenvalue weighted by Crippen LogP contribution is 2.34. The van der Waals surface area contributed by atoms with Crippen molar-refractivity contribution >= 4 is 23.1 Å². The molecule has 6 heteroatoms. The van der Waals surface area contributed by atoms with Crippen molar-refractivity contribution in [2.45, 2.75) is 17.6 Å². The molecule has 2 rings (SSSR count). The third kappa shape index (κ3) is 3.46. The normalized spacial score (nSPS) is 10.4. The molecule has 0 radical (unpaired) electrons. The molecule has 5 nitrogen and oxygen atoms in total. The second kappa shape index (κ2) is 6.49. The van der Waals surface area contributed by atoms with Gasteiger partial charge >= 0.3 is 0 Å². The highest BCUT2D eigenvalue weighted by molar-refractivity contribution is 7.98. The maximum absolute atomic E-state index is 11.0. The molecule has 0 fully saturated rings. The fourth-order valence-electron chi connectivity index (χ4n) is 1.98. The largest absolute Gasteiger partial charge is 0.496 e. The first-order valence-corrected chi connectivity index (χ1v) is 7.30. The maximum Gasteiger partial charge on any atom is 0.272 e. The van der Waals surface area contributed by atoms with Gasteiger partial charge in [-0.15, -0.1) is 11.8 Å². The number of benzene rings is 2. The molecule has 0 saturated carbocycles. The Morgan fingerprint density at radius 3 is 2.76 bits per heavy atom. The molecular formula is C15H16N2O3S. The standard InChI is InChI=1S/C15H16N2O3S/c1-10-11(4-3-5-13(10)17(18)19)9-21-15-7-6-12(16)8-14(15)20-2/h3-8H,9,16H2,1-2H3. The lowest BCUT2D eigenvalue weighted by Crippen LogP contribution is -1.96. The quantitative estimate of drug-likeness (QED) is 0.393. The number of nitrogen functional groups attached to an aromatic ring is 1. The van der Waals surface area contributed by atoms with Crippen molar-refractivity contribution in [3.05, 3.63) is 57.6 Å². The lowest BCUT2D eigenvalue weighted by atomic mass is 10.1. The SMILES string of the molecule is COc1cc(N)ccc1SCc1cccc([N+](=O)[O-])c1C. The van der Waals surface area contributed by atoms with E-state index < -0.39 is 0 Å². The van der Waals surface area contributed by atoms with Crippen LogP contribution in [0.5, 0.6) is 5.75 Å². The number of rotatable bonds is 5. The van der Waals surface area contributed by atoms with Crippen LogP contribution in [0.4, 0.5) is 11.4 Å². The molecule has 0 amide bonds. The Labute approximate surface area is 127 Å². The minimum absolute atomic E-state index is 0.150. The van der Waals surface area contributed by atoms with E-state index in [9.17, 15) is 10.1 Å². The van der Waals surface area contributed by atoms with Crippen LogP contribution in [0.15, 0.2) is 41.3 Å².